The van der Waals surface area contributed by atoms with Crippen molar-refractivity contribution in [2.45, 2.75) is 4.84 Å². The first-order chi connectivity index (χ1) is 7.86. The van der Waals surface area contributed by atoms with Gasteiger partial charge in [0, 0.05) is 21.1 Å². The van der Waals surface area contributed by atoms with Crippen LogP contribution in [0.5, 0.6) is 0 Å². The van der Waals surface area contributed by atoms with Gasteiger partial charge in [0.25, 0.3) is 5.56 Å². The first-order valence-electron chi connectivity index (χ1n) is 4.76. The smallest absolute Gasteiger partial charge is 0.323 e. The van der Waals surface area contributed by atoms with Crippen LogP contribution in [-0.2, 0) is 21.1 Å². The SMILES string of the molecule is Cn1c(=O)c2c(nc(C(Cl)Cl)n2C)n(C)c1=O. The minimum absolute atomic E-state index is 0.280. The summed E-state index contributed by atoms with van der Waals surface area (Å²) in [7, 11) is 4.59. The Morgan fingerprint density at radius 1 is 1.06 bits per heavy atom. The molecule has 0 spiro atoms. The monoisotopic (exact) mass is 276 g/mol. The van der Waals surface area contributed by atoms with Crippen LogP contribution < -0.4 is 11.2 Å². The van der Waals surface area contributed by atoms with Crippen LogP contribution in [0.15, 0.2) is 9.59 Å². The second-order valence-corrected chi connectivity index (χ2v) is 4.80. The molecule has 0 aliphatic heterocycles. The van der Waals surface area contributed by atoms with E-state index in [0.717, 1.165) is 4.57 Å². The number of hydrogen-bond donors (Lipinski definition) is 0. The summed E-state index contributed by atoms with van der Waals surface area (Å²) in [5.41, 5.74) is -0.274. The Bertz CT molecular complexity index is 710. The molecule has 0 fully saturated rings. The Labute approximate surface area is 106 Å². The number of hydrogen-bond acceptors (Lipinski definition) is 3. The summed E-state index contributed by atoms with van der Waals surface area (Å²) in [5.74, 6) is 0.335. The van der Waals surface area contributed by atoms with Crippen molar-refractivity contribution in [3.63, 3.8) is 0 Å². The van der Waals surface area contributed by atoms with E-state index in [-0.39, 0.29) is 5.65 Å². The topological polar surface area (TPSA) is 61.8 Å². The molecule has 2 aromatic heterocycles. The lowest BCUT2D eigenvalue weighted by Gasteiger charge is -2.03. The number of nitrogens with zero attached hydrogens (tertiary/aromatic N) is 4. The molecular weight excluding hydrogens is 267 g/mol. The van der Waals surface area contributed by atoms with Crippen molar-refractivity contribution in [3.8, 4) is 0 Å². The Hall–Kier alpha value is -1.27. The molecule has 0 amide bonds. The maximum atomic E-state index is 12.0. The summed E-state index contributed by atoms with van der Waals surface area (Å²) in [6.07, 6.45) is 0. The third kappa shape index (κ3) is 1.59. The fraction of sp³-hybridized carbons (Fsp3) is 0.444. The lowest BCUT2D eigenvalue weighted by molar-refractivity contribution is 0.705. The molecule has 6 nitrogen and oxygen atoms in total. The van der Waals surface area contributed by atoms with E-state index in [4.69, 9.17) is 23.2 Å². The maximum Gasteiger partial charge on any atom is 0.332 e. The van der Waals surface area contributed by atoms with Gasteiger partial charge in [-0.1, -0.05) is 23.2 Å². The first kappa shape index (κ1) is 12.2. The molecule has 0 bridgehead atoms. The molecule has 0 radical (unpaired) electrons. The minimum atomic E-state index is -0.854. The summed E-state index contributed by atoms with van der Waals surface area (Å²) in [4.78, 5) is 26.9. The summed E-state index contributed by atoms with van der Waals surface area (Å²) in [5, 5.41) is 0. The molecule has 0 unspecified atom stereocenters. The molecule has 2 rings (SSSR count). The summed E-state index contributed by atoms with van der Waals surface area (Å²) >= 11 is 11.5. The van der Waals surface area contributed by atoms with E-state index in [9.17, 15) is 9.59 Å². The lowest BCUT2D eigenvalue weighted by Crippen LogP contribution is -2.37. The Morgan fingerprint density at radius 3 is 2.18 bits per heavy atom. The zero-order valence-corrected chi connectivity index (χ0v) is 11.0. The molecule has 2 heterocycles. The highest BCUT2D eigenvalue weighted by molar-refractivity contribution is 6.43. The fourth-order valence-electron chi connectivity index (χ4n) is 1.73. The van der Waals surface area contributed by atoms with Gasteiger partial charge in [-0.2, -0.15) is 0 Å². The molecule has 92 valence electrons. The number of alkyl halides is 2. The van der Waals surface area contributed by atoms with Gasteiger partial charge in [-0.3, -0.25) is 13.9 Å². The standard InChI is InChI=1S/C9H10Cl2N4O2/c1-13-4-6(12-7(13)5(10)11)14(2)9(17)15(3)8(4)16/h5H,1-3H3. The van der Waals surface area contributed by atoms with E-state index < -0.39 is 16.1 Å². The molecule has 0 aromatic carbocycles. The van der Waals surface area contributed by atoms with Crippen LogP contribution in [0.3, 0.4) is 0 Å². The number of aryl methyl sites for hydroxylation is 2. The van der Waals surface area contributed by atoms with Crippen molar-refractivity contribution < 1.29 is 0 Å². The van der Waals surface area contributed by atoms with E-state index in [0.29, 0.717) is 11.3 Å². The molecule has 0 atom stereocenters. The van der Waals surface area contributed by atoms with Crippen molar-refractivity contribution in [1.29, 1.82) is 0 Å². The average Bonchev–Trinajstić information content (AvgIpc) is 2.62. The molecule has 8 heteroatoms. The second kappa shape index (κ2) is 3.89. The van der Waals surface area contributed by atoms with Crippen LogP contribution in [0.25, 0.3) is 11.2 Å². The summed E-state index contributed by atoms with van der Waals surface area (Å²) in [6.45, 7) is 0. The van der Waals surface area contributed by atoms with E-state index >= 15 is 0 Å². The van der Waals surface area contributed by atoms with Gasteiger partial charge in [0.05, 0.1) is 0 Å². The molecule has 0 saturated heterocycles. The maximum absolute atomic E-state index is 12.0. The van der Waals surface area contributed by atoms with Gasteiger partial charge in [-0.05, 0) is 0 Å². The molecule has 0 aliphatic carbocycles. The van der Waals surface area contributed by atoms with E-state index in [2.05, 4.69) is 4.98 Å². The van der Waals surface area contributed by atoms with Crippen molar-refractivity contribution in [2.24, 2.45) is 21.1 Å². The number of imidazole rings is 1. The molecular formula is C9H10Cl2N4O2. The highest BCUT2D eigenvalue weighted by atomic mass is 35.5. The average molecular weight is 277 g/mol. The molecule has 0 N–H and O–H groups in total. The van der Waals surface area contributed by atoms with Crippen molar-refractivity contribution in [3.05, 3.63) is 26.7 Å². The second-order valence-electron chi connectivity index (χ2n) is 3.71. The normalized spacial score (nSPS) is 11.6. The summed E-state index contributed by atoms with van der Waals surface area (Å²) < 4.78 is 3.81. The first-order valence-corrected chi connectivity index (χ1v) is 5.64. The molecule has 0 saturated carbocycles. The number of aromatic nitrogens is 4. The Kier molecular flexibility index (Phi) is 2.79. The molecule has 2 aromatic rings. The van der Waals surface area contributed by atoms with Gasteiger partial charge in [0.1, 0.15) is 5.82 Å². The third-order valence-electron chi connectivity index (χ3n) is 2.71. The third-order valence-corrected chi connectivity index (χ3v) is 3.10. The van der Waals surface area contributed by atoms with Crippen molar-refractivity contribution in [1.82, 2.24) is 18.7 Å². The highest BCUT2D eigenvalue weighted by Gasteiger charge is 2.19. The van der Waals surface area contributed by atoms with Crippen LogP contribution >= 0.6 is 23.2 Å². The highest BCUT2D eigenvalue weighted by Crippen LogP contribution is 2.24. The van der Waals surface area contributed by atoms with Crippen LogP contribution in [-0.4, -0.2) is 18.7 Å². The minimum Gasteiger partial charge on any atom is -0.323 e. The summed E-state index contributed by atoms with van der Waals surface area (Å²) in [6, 6.07) is 0. The van der Waals surface area contributed by atoms with Crippen LogP contribution in [0.1, 0.15) is 10.7 Å². The predicted molar refractivity (Wildman–Crippen MR) is 65.6 cm³/mol. The molecule has 17 heavy (non-hydrogen) atoms. The fourth-order valence-corrected chi connectivity index (χ4v) is 2.12. The van der Waals surface area contributed by atoms with E-state index in [1.807, 2.05) is 0 Å². The van der Waals surface area contributed by atoms with Gasteiger partial charge >= 0.3 is 5.69 Å². The zero-order valence-electron chi connectivity index (χ0n) is 9.44. The number of rotatable bonds is 1. The van der Waals surface area contributed by atoms with Crippen LogP contribution in [0, 0.1) is 0 Å². The quantitative estimate of drug-likeness (QED) is 0.711. The van der Waals surface area contributed by atoms with Gasteiger partial charge in [-0.15, -0.1) is 0 Å². The van der Waals surface area contributed by atoms with Gasteiger partial charge in [-0.25, -0.2) is 9.78 Å². The van der Waals surface area contributed by atoms with E-state index in [1.165, 1.54) is 16.2 Å². The number of fused-ring (bicyclic) bond motifs is 1. The van der Waals surface area contributed by atoms with Gasteiger partial charge in [0.15, 0.2) is 16.0 Å². The zero-order chi connectivity index (χ0) is 12.9. The lowest BCUT2D eigenvalue weighted by atomic mass is 10.5. The predicted octanol–water partition coefficient (Wildman–Crippen LogP) is 0.447. The van der Waals surface area contributed by atoms with E-state index in [1.54, 1.807) is 14.1 Å². The van der Waals surface area contributed by atoms with Crippen LogP contribution in [0.2, 0.25) is 0 Å². The Balaban J connectivity index is 3.08. The van der Waals surface area contributed by atoms with Crippen molar-refractivity contribution in [2.75, 3.05) is 0 Å². The van der Waals surface area contributed by atoms with Crippen LogP contribution in [0.4, 0.5) is 0 Å². The Morgan fingerprint density at radius 2 is 1.65 bits per heavy atom. The van der Waals surface area contributed by atoms with Gasteiger partial charge < -0.3 is 4.57 Å². The largest absolute Gasteiger partial charge is 0.332 e. The van der Waals surface area contributed by atoms with Gasteiger partial charge in [0.2, 0.25) is 0 Å². The molecule has 0 aliphatic rings. The van der Waals surface area contributed by atoms with Crippen molar-refractivity contribution >= 4 is 34.4 Å². The number of halogens is 2.